The Kier molecular flexibility index (Phi) is 11.4. The van der Waals surface area contributed by atoms with Gasteiger partial charge in [-0.15, -0.1) is 0 Å². The number of nitrogens with zero attached hydrogens (tertiary/aromatic N) is 3. The number of amides is 2. The summed E-state index contributed by atoms with van der Waals surface area (Å²) in [5.74, 6) is -2.64. The molecule has 2 aliphatic heterocycles. The van der Waals surface area contributed by atoms with Crippen molar-refractivity contribution < 1.29 is 24.0 Å². The molecule has 3 saturated carbocycles. The molecule has 1 unspecified atom stereocenters. The van der Waals surface area contributed by atoms with E-state index in [1.165, 1.54) is 0 Å². The van der Waals surface area contributed by atoms with E-state index in [2.05, 4.69) is 65.3 Å². The third-order valence-corrected chi connectivity index (χ3v) is 15.8. The van der Waals surface area contributed by atoms with Crippen molar-refractivity contribution in [2.45, 2.75) is 158 Å². The van der Waals surface area contributed by atoms with Gasteiger partial charge in [-0.05, 0) is 80.1 Å². The van der Waals surface area contributed by atoms with Gasteiger partial charge in [-0.25, -0.2) is 0 Å². The molecule has 0 bridgehead atoms. The first-order chi connectivity index (χ1) is 24.0. The maximum absolute atomic E-state index is 15.0. The lowest BCUT2D eigenvalue weighted by atomic mass is 9.73. The highest BCUT2D eigenvalue weighted by Crippen LogP contribution is 2.88. The molecule has 2 N–H and O–H groups in total. The molecule has 3 aliphatic carbocycles. The first-order valence-corrected chi connectivity index (χ1v) is 20.6. The number of rotatable bonds is 14. The predicted molar refractivity (Wildman–Crippen MR) is 205 cm³/mol. The fourth-order valence-electron chi connectivity index (χ4n) is 11.3. The van der Waals surface area contributed by atoms with Crippen LogP contribution in [0, 0.1) is 50.7 Å². The van der Waals surface area contributed by atoms with Crippen molar-refractivity contribution in [3.8, 4) is 0 Å². The molecule has 0 aromatic carbocycles. The van der Waals surface area contributed by atoms with Crippen molar-refractivity contribution in [2.75, 3.05) is 33.2 Å². The summed E-state index contributed by atoms with van der Waals surface area (Å²) in [6, 6.07) is 0.223. The van der Waals surface area contributed by atoms with Crippen molar-refractivity contribution >= 4 is 29.2 Å². The minimum absolute atomic E-state index is 0.00851. The normalized spacial score (nSPS) is 30.8. The lowest BCUT2D eigenvalue weighted by molar-refractivity contribution is -0.147. The van der Waals surface area contributed by atoms with Gasteiger partial charge in [0, 0.05) is 74.8 Å². The number of carbonyl (C=O) groups is 5. The third-order valence-electron chi connectivity index (χ3n) is 15.8. The van der Waals surface area contributed by atoms with Crippen LogP contribution in [0.1, 0.15) is 140 Å². The number of likely N-dealkylation sites (N-methyl/N-ethyl adjacent to an activating group) is 1. The summed E-state index contributed by atoms with van der Waals surface area (Å²) >= 11 is 0. The van der Waals surface area contributed by atoms with Crippen LogP contribution in [-0.2, 0) is 24.0 Å². The van der Waals surface area contributed by atoms with Crippen LogP contribution in [-0.4, -0.2) is 95.2 Å². The van der Waals surface area contributed by atoms with Crippen LogP contribution in [0.4, 0.5) is 0 Å². The van der Waals surface area contributed by atoms with Crippen LogP contribution >= 0.6 is 0 Å². The van der Waals surface area contributed by atoms with Gasteiger partial charge in [-0.3, -0.25) is 33.8 Å². The van der Waals surface area contributed by atoms with Gasteiger partial charge in [0.1, 0.15) is 5.78 Å². The van der Waals surface area contributed by atoms with Crippen LogP contribution < -0.4 is 5.73 Å². The molecule has 2 saturated heterocycles. The highest BCUT2D eigenvalue weighted by atomic mass is 16.2. The zero-order valence-corrected chi connectivity index (χ0v) is 34.6. The number of hydrogen-bond acceptors (Lipinski definition) is 7. The highest BCUT2D eigenvalue weighted by Gasteiger charge is 2.85. The average molecular weight is 725 g/mol. The van der Waals surface area contributed by atoms with Crippen LogP contribution in [0.3, 0.4) is 0 Å². The maximum Gasteiger partial charge on any atom is 0.285 e. The Morgan fingerprint density at radius 1 is 0.827 bits per heavy atom. The second-order valence-electron chi connectivity index (χ2n) is 21.0. The van der Waals surface area contributed by atoms with Gasteiger partial charge < -0.3 is 10.6 Å². The van der Waals surface area contributed by atoms with Crippen molar-refractivity contribution in [1.29, 1.82) is 0 Å². The minimum atomic E-state index is -0.985. The summed E-state index contributed by atoms with van der Waals surface area (Å²) < 4.78 is 0. The number of piperazine rings is 1. The Hall–Kier alpha value is -2.13. The molecule has 2 spiro atoms. The van der Waals surface area contributed by atoms with Gasteiger partial charge in [-0.2, -0.15) is 0 Å². The molecule has 5 aliphatic rings. The topological polar surface area (TPSA) is 121 Å². The van der Waals surface area contributed by atoms with Gasteiger partial charge in [0.15, 0.2) is 5.78 Å². The van der Waals surface area contributed by atoms with Gasteiger partial charge in [0.05, 0.1) is 6.04 Å². The molecule has 0 aromatic rings. The minimum Gasteiger partial charge on any atom is -0.363 e. The van der Waals surface area contributed by atoms with E-state index in [1.807, 2.05) is 25.7 Å². The fourth-order valence-corrected chi connectivity index (χ4v) is 11.3. The number of Topliss-reactive ketones (excluding diaryl/α,β-unsaturated/α-hetero) is 3. The Balaban J connectivity index is 1.37. The quantitative estimate of drug-likeness (QED) is 0.209. The van der Waals surface area contributed by atoms with Crippen molar-refractivity contribution in [3.63, 3.8) is 0 Å². The molecule has 0 aromatic heterocycles. The van der Waals surface area contributed by atoms with Gasteiger partial charge in [-0.1, -0.05) is 81.1 Å². The monoisotopic (exact) mass is 725 g/mol. The standard InChI is InChI=1S/C43H72N4O5/c1-27-23-46(24-28(2)45(27)11)25-31(39(3,4)5)20-32(48)21-33(40(6,7)8)38(52)47-26-43(41(9,10)42(43)16-13-17-42)22-34(47)35(49)19-30(36(50)37(44)51)18-29-14-12-15-29/h27-31,33-34H,12-26H2,1-11H3,(H2,44,51)/t27-,28-,30?,31+,33+,34-,43+/m0/s1. The second kappa shape index (κ2) is 14.5. The molecule has 5 rings (SSSR count). The molecule has 9 nitrogen and oxygen atoms in total. The molecule has 5 fully saturated rings. The van der Waals surface area contributed by atoms with E-state index in [0.29, 0.717) is 43.8 Å². The van der Waals surface area contributed by atoms with Crippen LogP contribution in [0.5, 0.6) is 0 Å². The molecular formula is C43H72N4O5. The molecule has 7 atom stereocenters. The average Bonchev–Trinajstić information content (AvgIpc) is 3.20. The van der Waals surface area contributed by atoms with Crippen LogP contribution in [0.2, 0.25) is 0 Å². The molecule has 0 radical (unpaired) electrons. The van der Waals surface area contributed by atoms with Gasteiger partial charge in [0.2, 0.25) is 11.7 Å². The summed E-state index contributed by atoms with van der Waals surface area (Å²) in [4.78, 5) is 75.6. The molecular weight excluding hydrogens is 652 g/mol. The number of likely N-dealkylation sites (tertiary alicyclic amines) is 1. The predicted octanol–water partition coefficient (Wildman–Crippen LogP) is 6.30. The molecule has 294 valence electrons. The zero-order valence-electron chi connectivity index (χ0n) is 34.6. The van der Waals surface area contributed by atoms with Gasteiger partial charge >= 0.3 is 0 Å². The lowest BCUT2D eigenvalue weighted by Gasteiger charge is -2.45. The molecule has 2 amide bonds. The van der Waals surface area contributed by atoms with Crippen molar-refractivity contribution in [2.24, 2.45) is 56.5 Å². The number of nitrogens with two attached hydrogens (primary N) is 1. The van der Waals surface area contributed by atoms with Crippen LogP contribution in [0.15, 0.2) is 0 Å². The zero-order chi connectivity index (χ0) is 38.8. The number of hydrogen-bond donors (Lipinski definition) is 1. The Morgan fingerprint density at radius 3 is 1.87 bits per heavy atom. The van der Waals surface area contributed by atoms with E-state index in [4.69, 9.17) is 5.73 Å². The summed E-state index contributed by atoms with van der Waals surface area (Å²) in [5.41, 5.74) is 4.85. The molecule has 2 heterocycles. The molecule has 52 heavy (non-hydrogen) atoms. The number of ketones is 3. The Bertz CT molecular complexity index is 1390. The van der Waals surface area contributed by atoms with Crippen molar-refractivity contribution in [3.05, 3.63) is 0 Å². The SMILES string of the molecule is C[C@H]1CN(C[C@@H](CC(=O)C[C@H](C(=O)N2C[C@]3(C[C@H]2C(=O)CC(CC2CCC2)C(=O)C(N)=O)C(C)(C)C32CCC2)C(C)(C)C)C(C)(C)C)C[C@H](C)N1C. The van der Waals surface area contributed by atoms with E-state index in [0.717, 1.165) is 58.2 Å². The summed E-state index contributed by atoms with van der Waals surface area (Å²) in [6.45, 7) is 25.2. The largest absolute Gasteiger partial charge is 0.363 e. The van der Waals surface area contributed by atoms with E-state index in [9.17, 15) is 19.2 Å². The number of primary amides is 1. The highest BCUT2D eigenvalue weighted by molar-refractivity contribution is 6.36. The maximum atomic E-state index is 15.0. The summed E-state index contributed by atoms with van der Waals surface area (Å²) in [5, 5.41) is 0. The molecule has 9 heteroatoms. The van der Waals surface area contributed by atoms with E-state index in [1.54, 1.807) is 0 Å². The Morgan fingerprint density at radius 2 is 1.42 bits per heavy atom. The van der Waals surface area contributed by atoms with Gasteiger partial charge in [0.25, 0.3) is 5.91 Å². The van der Waals surface area contributed by atoms with E-state index < -0.39 is 35.0 Å². The second-order valence-corrected chi connectivity index (χ2v) is 21.0. The number of fused-ring (bicyclic) bond motifs is 1. The summed E-state index contributed by atoms with van der Waals surface area (Å²) in [6.07, 6.45) is 8.04. The number of carbonyl (C=O) groups excluding carboxylic acids is 5. The first kappa shape index (κ1) is 41.0. The van der Waals surface area contributed by atoms with Crippen LogP contribution in [0.25, 0.3) is 0 Å². The third kappa shape index (κ3) is 7.44. The fraction of sp³-hybridized carbons (Fsp3) is 0.884. The van der Waals surface area contributed by atoms with E-state index in [-0.39, 0.29) is 57.9 Å². The summed E-state index contributed by atoms with van der Waals surface area (Å²) in [7, 11) is 2.19. The van der Waals surface area contributed by atoms with E-state index >= 15 is 4.79 Å². The lowest BCUT2D eigenvalue weighted by Crippen LogP contribution is -2.56. The van der Waals surface area contributed by atoms with Crippen molar-refractivity contribution in [1.82, 2.24) is 14.7 Å². The first-order valence-electron chi connectivity index (χ1n) is 20.6. The smallest absolute Gasteiger partial charge is 0.285 e. The Labute approximate surface area is 314 Å².